The van der Waals surface area contributed by atoms with Gasteiger partial charge in [-0.3, -0.25) is 9.59 Å². The molecular weight excluding hydrogens is 356 g/mol. The highest BCUT2D eigenvalue weighted by Crippen LogP contribution is 2.28. The summed E-state index contributed by atoms with van der Waals surface area (Å²) in [6.07, 6.45) is 7.46. The zero-order valence-electron chi connectivity index (χ0n) is 16.6. The molecule has 0 aliphatic carbocycles. The third-order valence-corrected chi connectivity index (χ3v) is 5.56. The Morgan fingerprint density at radius 2 is 1.86 bits per heavy atom. The maximum absolute atomic E-state index is 12.7. The molecule has 0 saturated carbocycles. The van der Waals surface area contributed by atoms with E-state index in [1.54, 1.807) is 6.08 Å². The summed E-state index contributed by atoms with van der Waals surface area (Å²) in [5, 5.41) is 4.06. The first-order chi connectivity index (χ1) is 13.4. The van der Waals surface area contributed by atoms with Gasteiger partial charge in [0.05, 0.1) is 5.71 Å². The fraction of sp³-hybridized carbons (Fsp3) is 0.476. The molecule has 7 heteroatoms. The first-order valence-electron chi connectivity index (χ1n) is 9.71. The molecular formula is C21H26N4O3. The number of carbonyl (C=O) groups excluding carboxylic acids is 2. The van der Waals surface area contributed by atoms with Crippen LogP contribution >= 0.6 is 0 Å². The van der Waals surface area contributed by atoms with Gasteiger partial charge in [0.25, 0.3) is 5.91 Å². The monoisotopic (exact) mass is 382 g/mol. The average molecular weight is 382 g/mol. The Kier molecular flexibility index (Phi) is 4.83. The number of aromatic nitrogens is 1. The third kappa shape index (κ3) is 3.61. The van der Waals surface area contributed by atoms with Crippen molar-refractivity contribution in [1.82, 2.24) is 14.4 Å². The molecule has 1 aromatic rings. The molecule has 28 heavy (non-hydrogen) atoms. The molecule has 3 aliphatic rings. The van der Waals surface area contributed by atoms with Crippen molar-refractivity contribution in [3.05, 3.63) is 41.2 Å². The summed E-state index contributed by atoms with van der Waals surface area (Å²) in [6.45, 7) is 6.46. The lowest BCUT2D eigenvalue weighted by Gasteiger charge is -2.23. The van der Waals surface area contributed by atoms with E-state index in [1.807, 2.05) is 46.0 Å². The molecule has 7 nitrogen and oxygen atoms in total. The molecule has 0 saturated heterocycles. The lowest BCUT2D eigenvalue weighted by molar-refractivity contribution is -0.140. The van der Waals surface area contributed by atoms with Gasteiger partial charge in [0.1, 0.15) is 0 Å². The van der Waals surface area contributed by atoms with Crippen molar-refractivity contribution in [1.29, 1.82) is 0 Å². The number of carbonyl (C=O) groups is 2. The number of nitrogens with zero attached hydrogens (tertiary/aromatic N) is 4. The molecule has 2 amide bonds. The lowest BCUT2D eigenvalue weighted by Crippen LogP contribution is -2.41. The van der Waals surface area contributed by atoms with Gasteiger partial charge in [-0.25, -0.2) is 0 Å². The predicted octanol–water partition coefficient (Wildman–Crippen LogP) is 1.82. The quantitative estimate of drug-likeness (QED) is 0.589. The van der Waals surface area contributed by atoms with Crippen LogP contribution in [0.2, 0.25) is 0 Å². The van der Waals surface area contributed by atoms with Crippen LogP contribution in [-0.2, 0) is 21.5 Å². The SMILES string of the molecule is CC(C)C1=NOC(C(=O)N2CC3=C(CN(C(=O)/C=C/c4ccn(C)c4)C3)C2)C1. The van der Waals surface area contributed by atoms with Crippen LogP contribution in [0.5, 0.6) is 0 Å². The molecule has 3 aliphatic heterocycles. The van der Waals surface area contributed by atoms with Crippen molar-refractivity contribution in [3.63, 3.8) is 0 Å². The van der Waals surface area contributed by atoms with Crippen LogP contribution in [0.25, 0.3) is 6.08 Å². The highest BCUT2D eigenvalue weighted by atomic mass is 16.6. The second-order valence-electron chi connectivity index (χ2n) is 8.07. The molecule has 4 rings (SSSR count). The van der Waals surface area contributed by atoms with Crippen LogP contribution in [0.1, 0.15) is 25.8 Å². The van der Waals surface area contributed by atoms with E-state index in [1.165, 1.54) is 11.1 Å². The molecule has 1 aromatic heterocycles. The van der Waals surface area contributed by atoms with Gasteiger partial charge in [-0.15, -0.1) is 0 Å². The Morgan fingerprint density at radius 3 is 2.43 bits per heavy atom. The minimum Gasteiger partial charge on any atom is -0.382 e. The summed E-state index contributed by atoms with van der Waals surface area (Å²) in [5.74, 6) is 0.295. The van der Waals surface area contributed by atoms with Crippen molar-refractivity contribution in [3.8, 4) is 0 Å². The molecule has 0 spiro atoms. The van der Waals surface area contributed by atoms with Crippen LogP contribution in [0.15, 0.2) is 40.8 Å². The van der Waals surface area contributed by atoms with Gasteiger partial charge in [-0.2, -0.15) is 0 Å². The summed E-state index contributed by atoms with van der Waals surface area (Å²) in [7, 11) is 1.95. The van der Waals surface area contributed by atoms with Crippen molar-refractivity contribution < 1.29 is 14.4 Å². The third-order valence-electron chi connectivity index (χ3n) is 5.56. The van der Waals surface area contributed by atoms with E-state index < -0.39 is 6.10 Å². The summed E-state index contributed by atoms with van der Waals surface area (Å²) >= 11 is 0. The van der Waals surface area contributed by atoms with E-state index >= 15 is 0 Å². The molecule has 0 bridgehead atoms. The van der Waals surface area contributed by atoms with E-state index in [4.69, 9.17) is 4.84 Å². The summed E-state index contributed by atoms with van der Waals surface area (Å²) in [4.78, 5) is 34.2. The topological polar surface area (TPSA) is 67.1 Å². The molecule has 0 aromatic carbocycles. The standard InChI is InChI=1S/C21H26N4O3/c1-14(2)18-8-19(28-22-18)21(27)25-12-16-10-24(11-17(16)13-25)20(26)5-4-15-6-7-23(3)9-15/h4-7,9,14,19H,8,10-13H2,1-3H3/b5-4+. The highest BCUT2D eigenvalue weighted by molar-refractivity contribution is 5.94. The normalized spacial score (nSPS) is 21.7. The minimum atomic E-state index is -0.496. The smallest absolute Gasteiger partial charge is 0.267 e. The number of hydrogen-bond donors (Lipinski definition) is 0. The van der Waals surface area contributed by atoms with E-state index in [2.05, 4.69) is 19.0 Å². The Labute approximate surface area is 164 Å². The summed E-state index contributed by atoms with van der Waals surface area (Å²) in [6, 6.07) is 1.97. The maximum Gasteiger partial charge on any atom is 0.267 e. The van der Waals surface area contributed by atoms with Crippen molar-refractivity contribution >= 4 is 23.6 Å². The van der Waals surface area contributed by atoms with Gasteiger partial charge in [0, 0.05) is 58.1 Å². The molecule has 0 N–H and O–H groups in total. The molecule has 1 unspecified atom stereocenters. The largest absolute Gasteiger partial charge is 0.382 e. The predicted molar refractivity (Wildman–Crippen MR) is 106 cm³/mol. The average Bonchev–Trinajstić information content (AvgIpc) is 3.41. The van der Waals surface area contributed by atoms with Gasteiger partial charge in [0.15, 0.2) is 0 Å². The zero-order valence-corrected chi connectivity index (χ0v) is 16.6. The molecule has 4 heterocycles. The Balaban J connectivity index is 1.28. The van der Waals surface area contributed by atoms with E-state index in [0.717, 1.165) is 11.3 Å². The Morgan fingerprint density at radius 1 is 1.18 bits per heavy atom. The van der Waals surface area contributed by atoms with Crippen LogP contribution in [-0.4, -0.2) is 64.2 Å². The Bertz CT molecular complexity index is 875. The summed E-state index contributed by atoms with van der Waals surface area (Å²) in [5.41, 5.74) is 4.31. The van der Waals surface area contributed by atoms with Gasteiger partial charge in [0.2, 0.25) is 12.0 Å². The van der Waals surface area contributed by atoms with E-state index in [9.17, 15) is 9.59 Å². The first-order valence-corrected chi connectivity index (χ1v) is 9.71. The Hall–Kier alpha value is -2.83. The van der Waals surface area contributed by atoms with Gasteiger partial charge in [-0.1, -0.05) is 19.0 Å². The van der Waals surface area contributed by atoms with Crippen LogP contribution in [0.3, 0.4) is 0 Å². The van der Waals surface area contributed by atoms with Gasteiger partial charge >= 0.3 is 0 Å². The first kappa shape index (κ1) is 18.5. The van der Waals surface area contributed by atoms with Crippen LogP contribution < -0.4 is 0 Å². The molecule has 1 atom stereocenters. The lowest BCUT2D eigenvalue weighted by atomic mass is 10.0. The van der Waals surface area contributed by atoms with Crippen LogP contribution in [0, 0.1) is 5.92 Å². The number of rotatable bonds is 4. The van der Waals surface area contributed by atoms with Crippen molar-refractivity contribution in [2.45, 2.75) is 26.4 Å². The van der Waals surface area contributed by atoms with Gasteiger partial charge in [-0.05, 0) is 34.8 Å². The zero-order chi connectivity index (χ0) is 19.8. The maximum atomic E-state index is 12.7. The second-order valence-corrected chi connectivity index (χ2v) is 8.07. The van der Waals surface area contributed by atoms with Crippen molar-refractivity contribution in [2.24, 2.45) is 18.1 Å². The van der Waals surface area contributed by atoms with Gasteiger partial charge < -0.3 is 19.2 Å². The molecule has 0 radical (unpaired) electrons. The van der Waals surface area contributed by atoms with Crippen LogP contribution in [0.4, 0.5) is 0 Å². The minimum absolute atomic E-state index is 0.00403. The van der Waals surface area contributed by atoms with Crippen molar-refractivity contribution in [2.75, 3.05) is 26.2 Å². The van der Waals surface area contributed by atoms with E-state index in [0.29, 0.717) is 38.5 Å². The van der Waals surface area contributed by atoms with E-state index in [-0.39, 0.29) is 11.8 Å². The number of aryl methyl sites for hydroxylation is 1. The highest BCUT2D eigenvalue weighted by Gasteiger charge is 2.38. The number of hydrogen-bond acceptors (Lipinski definition) is 4. The fourth-order valence-corrected chi connectivity index (χ4v) is 3.86. The number of oxime groups is 1. The second kappa shape index (κ2) is 7.30. The molecule has 148 valence electrons. The molecule has 0 fully saturated rings. The fourth-order valence-electron chi connectivity index (χ4n) is 3.86. The summed E-state index contributed by atoms with van der Waals surface area (Å²) < 4.78 is 1.95. The number of amides is 2.